The topological polar surface area (TPSA) is 49.5 Å². The first-order valence-corrected chi connectivity index (χ1v) is 6.38. The molecule has 1 fully saturated rings. The average molecular weight is 255 g/mol. The summed E-state index contributed by atoms with van der Waals surface area (Å²) >= 11 is 5.89. The Morgan fingerprint density at radius 1 is 1.53 bits per heavy atom. The summed E-state index contributed by atoms with van der Waals surface area (Å²) in [7, 11) is 0. The Labute approximate surface area is 107 Å². The van der Waals surface area contributed by atoms with Gasteiger partial charge in [0.1, 0.15) is 0 Å². The maximum absolute atomic E-state index is 9.68. The zero-order valence-electron chi connectivity index (χ0n) is 10.1. The number of hydrogen-bond donors (Lipinski definition) is 2. The minimum Gasteiger partial charge on any atom is -0.398 e. The molecule has 1 saturated heterocycles. The van der Waals surface area contributed by atoms with E-state index in [9.17, 15) is 5.11 Å². The third kappa shape index (κ3) is 3.12. The molecule has 0 saturated carbocycles. The quantitative estimate of drug-likeness (QED) is 0.795. The zero-order chi connectivity index (χ0) is 12.4. The highest BCUT2D eigenvalue weighted by molar-refractivity contribution is 6.33. The Kier molecular flexibility index (Phi) is 3.92. The van der Waals surface area contributed by atoms with Gasteiger partial charge in [0.05, 0.1) is 16.8 Å². The highest BCUT2D eigenvalue weighted by Gasteiger charge is 2.23. The second-order valence-electron chi connectivity index (χ2n) is 4.92. The van der Waals surface area contributed by atoms with Crippen LogP contribution < -0.4 is 5.73 Å². The first-order chi connectivity index (χ1) is 8.06. The number of aliphatic hydroxyl groups excluding tert-OH is 1. The van der Waals surface area contributed by atoms with Crippen molar-refractivity contribution in [1.82, 2.24) is 4.90 Å². The summed E-state index contributed by atoms with van der Waals surface area (Å²) in [6, 6.07) is 5.78. The van der Waals surface area contributed by atoms with Crippen molar-refractivity contribution in [2.45, 2.75) is 26.0 Å². The maximum Gasteiger partial charge on any atom is 0.0635 e. The van der Waals surface area contributed by atoms with Gasteiger partial charge in [0, 0.05) is 19.6 Å². The summed E-state index contributed by atoms with van der Waals surface area (Å²) in [5, 5.41) is 10.3. The Morgan fingerprint density at radius 3 is 2.94 bits per heavy atom. The molecule has 1 aliphatic heterocycles. The normalized spacial score (nSPS) is 26.1. The minimum absolute atomic E-state index is 0.151. The van der Waals surface area contributed by atoms with Gasteiger partial charge in [-0.25, -0.2) is 0 Å². The molecule has 1 aromatic carbocycles. The van der Waals surface area contributed by atoms with Crippen LogP contribution in [0.4, 0.5) is 5.69 Å². The van der Waals surface area contributed by atoms with Crippen LogP contribution in [0.25, 0.3) is 0 Å². The molecule has 1 aliphatic rings. The van der Waals surface area contributed by atoms with Crippen molar-refractivity contribution in [2.24, 2.45) is 5.92 Å². The lowest BCUT2D eigenvalue weighted by molar-refractivity contribution is 0.0320. The van der Waals surface area contributed by atoms with Crippen molar-refractivity contribution >= 4 is 17.3 Å². The number of halogens is 1. The van der Waals surface area contributed by atoms with Crippen LogP contribution in [0.15, 0.2) is 18.2 Å². The molecule has 94 valence electrons. The van der Waals surface area contributed by atoms with E-state index in [-0.39, 0.29) is 6.10 Å². The molecule has 0 amide bonds. The Balaban J connectivity index is 1.99. The molecule has 2 unspecified atom stereocenters. The summed E-state index contributed by atoms with van der Waals surface area (Å²) in [5.41, 5.74) is 7.59. The van der Waals surface area contributed by atoms with Gasteiger partial charge in [0.25, 0.3) is 0 Å². The van der Waals surface area contributed by atoms with E-state index in [1.807, 2.05) is 18.2 Å². The van der Waals surface area contributed by atoms with E-state index in [1.54, 1.807) is 0 Å². The van der Waals surface area contributed by atoms with Gasteiger partial charge in [-0.05, 0) is 30.0 Å². The average Bonchev–Trinajstić information content (AvgIpc) is 2.29. The number of nitrogens with zero attached hydrogens (tertiary/aromatic N) is 1. The van der Waals surface area contributed by atoms with Crippen molar-refractivity contribution < 1.29 is 5.11 Å². The summed E-state index contributed by atoms with van der Waals surface area (Å²) in [4.78, 5) is 2.35. The standard InChI is InChI=1S/C13H19ClN2O/c1-9-7-16(5-4-13(9)17)8-10-2-3-11(14)12(15)6-10/h2-3,6,9,13,17H,4-5,7-8,15H2,1H3. The largest absolute Gasteiger partial charge is 0.398 e. The number of anilines is 1. The van der Waals surface area contributed by atoms with E-state index in [0.717, 1.165) is 26.1 Å². The van der Waals surface area contributed by atoms with E-state index < -0.39 is 0 Å². The predicted octanol–water partition coefficient (Wildman–Crippen LogP) is 2.12. The van der Waals surface area contributed by atoms with E-state index in [4.69, 9.17) is 17.3 Å². The number of nitrogens with two attached hydrogens (primary N) is 1. The lowest BCUT2D eigenvalue weighted by Gasteiger charge is -2.34. The van der Waals surface area contributed by atoms with Gasteiger partial charge in [-0.1, -0.05) is 24.6 Å². The van der Waals surface area contributed by atoms with Gasteiger partial charge >= 0.3 is 0 Å². The van der Waals surface area contributed by atoms with Crippen LogP contribution in [0.3, 0.4) is 0 Å². The van der Waals surface area contributed by atoms with Crippen LogP contribution in [0.5, 0.6) is 0 Å². The van der Waals surface area contributed by atoms with Gasteiger partial charge in [0.2, 0.25) is 0 Å². The molecular weight excluding hydrogens is 236 g/mol. The lowest BCUT2D eigenvalue weighted by atomic mass is 9.96. The zero-order valence-corrected chi connectivity index (χ0v) is 10.8. The molecule has 0 radical (unpaired) electrons. The summed E-state index contributed by atoms with van der Waals surface area (Å²) in [6.07, 6.45) is 0.700. The summed E-state index contributed by atoms with van der Waals surface area (Å²) in [5.74, 6) is 0.341. The van der Waals surface area contributed by atoms with Crippen molar-refractivity contribution in [3.05, 3.63) is 28.8 Å². The minimum atomic E-state index is -0.151. The highest BCUT2D eigenvalue weighted by Crippen LogP contribution is 2.22. The SMILES string of the molecule is CC1CN(Cc2ccc(Cl)c(N)c2)CCC1O. The number of piperidine rings is 1. The molecule has 3 N–H and O–H groups in total. The van der Waals surface area contributed by atoms with Gasteiger partial charge in [0.15, 0.2) is 0 Å². The first-order valence-electron chi connectivity index (χ1n) is 6.00. The number of aliphatic hydroxyl groups is 1. The third-order valence-corrected chi connectivity index (χ3v) is 3.75. The molecule has 1 aromatic rings. The van der Waals surface area contributed by atoms with Crippen molar-refractivity contribution in [2.75, 3.05) is 18.8 Å². The molecule has 0 aromatic heterocycles. The number of benzene rings is 1. The van der Waals surface area contributed by atoms with Gasteiger partial charge in [-0.3, -0.25) is 4.90 Å². The smallest absolute Gasteiger partial charge is 0.0635 e. The predicted molar refractivity (Wildman–Crippen MR) is 70.9 cm³/mol. The Hall–Kier alpha value is -0.770. The summed E-state index contributed by atoms with van der Waals surface area (Å²) < 4.78 is 0. The molecule has 0 aliphatic carbocycles. The lowest BCUT2D eigenvalue weighted by Crippen LogP contribution is -2.41. The molecule has 4 heteroatoms. The molecule has 0 bridgehead atoms. The molecule has 1 heterocycles. The van der Waals surface area contributed by atoms with Crippen LogP contribution >= 0.6 is 11.6 Å². The molecule has 2 rings (SSSR count). The van der Waals surface area contributed by atoms with Crippen LogP contribution in [-0.2, 0) is 6.54 Å². The molecule has 17 heavy (non-hydrogen) atoms. The van der Waals surface area contributed by atoms with Gasteiger partial charge in [-0.2, -0.15) is 0 Å². The first kappa shape index (κ1) is 12.7. The van der Waals surface area contributed by atoms with Gasteiger partial charge < -0.3 is 10.8 Å². The van der Waals surface area contributed by atoms with Crippen molar-refractivity contribution in [3.63, 3.8) is 0 Å². The third-order valence-electron chi connectivity index (χ3n) is 3.41. The number of rotatable bonds is 2. The monoisotopic (exact) mass is 254 g/mol. The van der Waals surface area contributed by atoms with Crippen LogP contribution in [-0.4, -0.2) is 29.2 Å². The fourth-order valence-electron chi connectivity index (χ4n) is 2.31. The van der Waals surface area contributed by atoms with E-state index in [1.165, 1.54) is 5.56 Å². The number of hydrogen-bond acceptors (Lipinski definition) is 3. The van der Waals surface area contributed by atoms with Crippen molar-refractivity contribution in [3.8, 4) is 0 Å². The van der Waals surface area contributed by atoms with Crippen LogP contribution in [0.1, 0.15) is 18.9 Å². The summed E-state index contributed by atoms with van der Waals surface area (Å²) in [6.45, 7) is 4.84. The van der Waals surface area contributed by atoms with E-state index in [2.05, 4.69) is 11.8 Å². The fourth-order valence-corrected chi connectivity index (χ4v) is 2.43. The Bertz CT molecular complexity index is 397. The van der Waals surface area contributed by atoms with Crippen LogP contribution in [0.2, 0.25) is 5.02 Å². The Morgan fingerprint density at radius 2 is 2.29 bits per heavy atom. The number of likely N-dealkylation sites (tertiary alicyclic amines) is 1. The number of nitrogen functional groups attached to an aromatic ring is 1. The highest BCUT2D eigenvalue weighted by atomic mass is 35.5. The van der Waals surface area contributed by atoms with E-state index >= 15 is 0 Å². The van der Waals surface area contributed by atoms with E-state index in [0.29, 0.717) is 16.6 Å². The van der Waals surface area contributed by atoms with Gasteiger partial charge in [-0.15, -0.1) is 0 Å². The maximum atomic E-state index is 9.68. The molecule has 0 spiro atoms. The molecule has 2 atom stereocenters. The van der Waals surface area contributed by atoms with Crippen LogP contribution in [0, 0.1) is 5.92 Å². The fraction of sp³-hybridized carbons (Fsp3) is 0.538. The molecule has 3 nitrogen and oxygen atoms in total. The van der Waals surface area contributed by atoms with Crippen molar-refractivity contribution in [1.29, 1.82) is 0 Å². The second-order valence-corrected chi connectivity index (χ2v) is 5.33. The molecular formula is C13H19ClN2O. The second kappa shape index (κ2) is 5.25.